The van der Waals surface area contributed by atoms with Gasteiger partial charge in [-0.15, -0.1) is 0 Å². The summed E-state index contributed by atoms with van der Waals surface area (Å²) in [5, 5.41) is 0.792. The quantitative estimate of drug-likeness (QED) is 0.773. The Balaban J connectivity index is 2.03. The van der Waals surface area contributed by atoms with Crippen LogP contribution in [0.2, 0.25) is 10.0 Å². The van der Waals surface area contributed by atoms with Crippen LogP contribution in [-0.2, 0) is 0 Å². The number of hydrogen-bond donors (Lipinski definition) is 0. The van der Waals surface area contributed by atoms with Crippen LogP contribution in [0.3, 0.4) is 0 Å². The van der Waals surface area contributed by atoms with Crippen molar-refractivity contribution in [2.75, 3.05) is 6.61 Å². The molecule has 0 aliphatic rings. The lowest BCUT2D eigenvalue weighted by Gasteiger charge is -2.06. The molecule has 0 saturated carbocycles. The van der Waals surface area contributed by atoms with Gasteiger partial charge in [0, 0.05) is 5.56 Å². The maximum absolute atomic E-state index is 11.9. The summed E-state index contributed by atoms with van der Waals surface area (Å²) in [6, 6.07) is 12.3. The molecule has 0 heterocycles. The fraction of sp³-hybridized carbons (Fsp3) is 0.133. The number of ether oxygens (including phenoxy) is 1. The third-order valence-corrected chi connectivity index (χ3v) is 3.34. The van der Waals surface area contributed by atoms with Gasteiger partial charge in [0.1, 0.15) is 5.75 Å². The van der Waals surface area contributed by atoms with E-state index in [1.165, 1.54) is 0 Å². The highest BCUT2D eigenvalue weighted by Gasteiger charge is 2.09. The zero-order valence-electron chi connectivity index (χ0n) is 10.3. The third-order valence-electron chi connectivity index (χ3n) is 2.60. The van der Waals surface area contributed by atoms with Crippen LogP contribution in [0.5, 0.6) is 5.75 Å². The number of benzene rings is 2. The van der Waals surface area contributed by atoms with Gasteiger partial charge in [-0.1, -0.05) is 35.3 Å². The first-order valence-corrected chi connectivity index (χ1v) is 6.49. The summed E-state index contributed by atoms with van der Waals surface area (Å²) in [7, 11) is 0. The molecule has 0 aromatic heterocycles. The van der Waals surface area contributed by atoms with Crippen molar-refractivity contribution in [3.63, 3.8) is 0 Å². The highest BCUT2D eigenvalue weighted by atomic mass is 35.5. The van der Waals surface area contributed by atoms with E-state index in [0.717, 1.165) is 5.56 Å². The lowest BCUT2D eigenvalue weighted by Crippen LogP contribution is -2.11. The topological polar surface area (TPSA) is 26.3 Å². The molecule has 19 heavy (non-hydrogen) atoms. The van der Waals surface area contributed by atoms with Crippen molar-refractivity contribution in [1.82, 2.24) is 0 Å². The molecule has 0 saturated heterocycles. The molecule has 4 heteroatoms. The number of carbonyl (C=O) groups excluding carboxylic acids is 1. The van der Waals surface area contributed by atoms with Crippen molar-refractivity contribution in [2.24, 2.45) is 0 Å². The maximum atomic E-state index is 11.9. The predicted octanol–water partition coefficient (Wildman–Crippen LogP) is 4.56. The maximum Gasteiger partial charge on any atom is 0.200 e. The zero-order valence-corrected chi connectivity index (χ0v) is 11.8. The van der Waals surface area contributed by atoms with Crippen molar-refractivity contribution in [2.45, 2.75) is 6.92 Å². The molecule has 2 aromatic rings. The molecule has 2 aromatic carbocycles. The van der Waals surface area contributed by atoms with Crippen molar-refractivity contribution in [1.29, 1.82) is 0 Å². The molecule has 2 rings (SSSR count). The molecule has 2 nitrogen and oxygen atoms in total. The van der Waals surface area contributed by atoms with Gasteiger partial charge in [-0.25, -0.2) is 0 Å². The largest absolute Gasteiger partial charge is 0.485 e. The Kier molecular flexibility index (Phi) is 4.46. The second-order valence-electron chi connectivity index (χ2n) is 4.16. The highest BCUT2D eigenvalue weighted by Crippen LogP contribution is 2.23. The van der Waals surface area contributed by atoms with E-state index in [4.69, 9.17) is 27.9 Å². The SMILES string of the molecule is Cc1cccc(OCC(=O)c2ccc(Cl)c(Cl)c2)c1. The van der Waals surface area contributed by atoms with E-state index >= 15 is 0 Å². The van der Waals surface area contributed by atoms with Crippen LogP contribution in [0.25, 0.3) is 0 Å². The zero-order chi connectivity index (χ0) is 13.8. The molecule has 0 fully saturated rings. The molecule has 0 radical (unpaired) electrons. The molecular formula is C15H12Cl2O2. The number of rotatable bonds is 4. The number of halogens is 2. The van der Waals surface area contributed by atoms with Gasteiger partial charge < -0.3 is 4.74 Å². The number of carbonyl (C=O) groups is 1. The Morgan fingerprint density at radius 1 is 1.11 bits per heavy atom. The molecular weight excluding hydrogens is 283 g/mol. The Morgan fingerprint density at radius 2 is 1.89 bits per heavy atom. The minimum absolute atomic E-state index is 0.0264. The third kappa shape index (κ3) is 3.72. The van der Waals surface area contributed by atoms with Gasteiger partial charge in [-0.05, 0) is 42.8 Å². The van der Waals surface area contributed by atoms with Crippen LogP contribution in [0.1, 0.15) is 15.9 Å². The van der Waals surface area contributed by atoms with Gasteiger partial charge in [0.15, 0.2) is 12.4 Å². The van der Waals surface area contributed by atoms with Crippen LogP contribution < -0.4 is 4.74 Å². The first-order chi connectivity index (χ1) is 9.06. The molecule has 98 valence electrons. The van der Waals surface area contributed by atoms with E-state index in [1.807, 2.05) is 31.2 Å². The summed E-state index contributed by atoms with van der Waals surface area (Å²) in [6.07, 6.45) is 0. The van der Waals surface area contributed by atoms with Crippen molar-refractivity contribution < 1.29 is 9.53 Å². The van der Waals surface area contributed by atoms with Crippen molar-refractivity contribution in [3.8, 4) is 5.75 Å². The molecule has 0 atom stereocenters. The number of ketones is 1. The normalized spacial score (nSPS) is 10.3. The second-order valence-corrected chi connectivity index (χ2v) is 4.97. The van der Waals surface area contributed by atoms with Crippen molar-refractivity contribution >= 4 is 29.0 Å². The monoisotopic (exact) mass is 294 g/mol. The lowest BCUT2D eigenvalue weighted by molar-refractivity contribution is 0.0921. The standard InChI is InChI=1S/C15H12Cl2O2/c1-10-3-2-4-12(7-10)19-9-15(18)11-5-6-13(16)14(17)8-11/h2-8H,9H2,1H3. The molecule has 0 N–H and O–H groups in total. The molecule has 0 aliphatic carbocycles. The second kappa shape index (κ2) is 6.09. The van der Waals surface area contributed by atoms with Gasteiger partial charge in [0.05, 0.1) is 10.0 Å². The fourth-order valence-electron chi connectivity index (χ4n) is 1.61. The highest BCUT2D eigenvalue weighted by molar-refractivity contribution is 6.42. The van der Waals surface area contributed by atoms with E-state index in [-0.39, 0.29) is 12.4 Å². The average Bonchev–Trinajstić information content (AvgIpc) is 2.39. The Bertz CT molecular complexity index is 609. The Morgan fingerprint density at radius 3 is 2.58 bits per heavy atom. The molecule has 0 aliphatic heterocycles. The van der Waals surface area contributed by atoms with Gasteiger partial charge in [-0.2, -0.15) is 0 Å². The summed E-state index contributed by atoms with van der Waals surface area (Å²) < 4.78 is 5.45. The van der Waals surface area contributed by atoms with Crippen LogP contribution in [-0.4, -0.2) is 12.4 Å². The fourth-order valence-corrected chi connectivity index (χ4v) is 1.91. The minimum atomic E-state index is -0.139. The van der Waals surface area contributed by atoms with Crippen molar-refractivity contribution in [3.05, 3.63) is 63.6 Å². The van der Waals surface area contributed by atoms with Gasteiger partial charge in [0.25, 0.3) is 0 Å². The summed E-state index contributed by atoms with van der Waals surface area (Å²) in [6.45, 7) is 1.94. The average molecular weight is 295 g/mol. The number of hydrogen-bond acceptors (Lipinski definition) is 2. The van der Waals surface area contributed by atoms with E-state index < -0.39 is 0 Å². The molecule has 0 unspecified atom stereocenters. The summed E-state index contributed by atoms with van der Waals surface area (Å²) in [5.41, 5.74) is 1.57. The van der Waals surface area contributed by atoms with Crippen LogP contribution in [0.4, 0.5) is 0 Å². The first-order valence-electron chi connectivity index (χ1n) is 5.74. The van der Waals surface area contributed by atoms with E-state index in [1.54, 1.807) is 18.2 Å². The Hall–Kier alpha value is -1.51. The smallest absolute Gasteiger partial charge is 0.200 e. The predicted molar refractivity (Wildman–Crippen MR) is 77.5 cm³/mol. The van der Waals surface area contributed by atoms with Gasteiger partial charge in [0.2, 0.25) is 0 Å². The summed E-state index contributed by atoms with van der Waals surface area (Å²) in [5.74, 6) is 0.536. The summed E-state index contributed by atoms with van der Waals surface area (Å²) >= 11 is 11.7. The van der Waals surface area contributed by atoms with Crippen LogP contribution >= 0.6 is 23.2 Å². The van der Waals surface area contributed by atoms with E-state index in [9.17, 15) is 4.79 Å². The minimum Gasteiger partial charge on any atom is -0.485 e. The van der Waals surface area contributed by atoms with Crippen LogP contribution in [0.15, 0.2) is 42.5 Å². The molecule has 0 bridgehead atoms. The lowest BCUT2D eigenvalue weighted by atomic mass is 10.1. The summed E-state index contributed by atoms with van der Waals surface area (Å²) in [4.78, 5) is 11.9. The van der Waals surface area contributed by atoms with E-state index in [0.29, 0.717) is 21.4 Å². The number of aryl methyl sites for hydroxylation is 1. The molecule has 0 amide bonds. The van der Waals surface area contributed by atoms with Gasteiger partial charge in [-0.3, -0.25) is 4.79 Å². The van der Waals surface area contributed by atoms with E-state index in [2.05, 4.69) is 0 Å². The van der Waals surface area contributed by atoms with Gasteiger partial charge >= 0.3 is 0 Å². The Labute approximate surface area is 121 Å². The van der Waals surface area contributed by atoms with Crippen LogP contribution in [0, 0.1) is 6.92 Å². The number of Topliss-reactive ketones (excluding diaryl/α,β-unsaturated/α-hetero) is 1. The molecule has 0 spiro atoms. The first kappa shape index (κ1) is 13.9.